The monoisotopic (exact) mass is 248 g/mol. The third kappa shape index (κ3) is 8.72. The van der Waals surface area contributed by atoms with E-state index in [1.54, 1.807) is 0 Å². The molecule has 0 aliphatic carbocycles. The summed E-state index contributed by atoms with van der Waals surface area (Å²) in [6.45, 7) is 2.17. The summed E-state index contributed by atoms with van der Waals surface area (Å²) in [4.78, 5) is 21.5. The van der Waals surface area contributed by atoms with E-state index < -0.39 is 17.8 Å². The number of carboxylic acids is 1. The fourth-order valence-electron chi connectivity index (χ4n) is 1.52. The number of unbranched alkanes of at least 4 members (excludes halogenated alkanes) is 5. The van der Waals surface area contributed by atoms with E-state index in [0.717, 1.165) is 12.8 Å². The van der Waals surface area contributed by atoms with Gasteiger partial charge < -0.3 is 5.11 Å². The number of Topliss-reactive ketones (excluding diaryl/α,β-unsaturated/α-hetero) is 1. The van der Waals surface area contributed by atoms with Crippen molar-refractivity contribution in [3.8, 4) is 0 Å². The zero-order valence-electron chi connectivity index (χ0n) is 9.88. The van der Waals surface area contributed by atoms with E-state index in [0.29, 0.717) is 6.42 Å². The first kappa shape index (κ1) is 15.4. The van der Waals surface area contributed by atoms with Crippen LogP contribution in [0.1, 0.15) is 58.3 Å². The highest BCUT2D eigenvalue weighted by molar-refractivity contribution is 6.32. The molecule has 0 rings (SSSR count). The molecule has 4 heteroatoms. The molecule has 0 aromatic rings. The summed E-state index contributed by atoms with van der Waals surface area (Å²) < 4.78 is 0. The smallest absolute Gasteiger partial charge is 0.310 e. The van der Waals surface area contributed by atoms with Gasteiger partial charge in [-0.05, 0) is 6.42 Å². The summed E-state index contributed by atoms with van der Waals surface area (Å²) >= 11 is 5.80. The summed E-state index contributed by atoms with van der Waals surface area (Å²) in [5.41, 5.74) is 0. The highest BCUT2D eigenvalue weighted by Gasteiger charge is 2.17. The van der Waals surface area contributed by atoms with Crippen molar-refractivity contribution in [2.75, 3.05) is 0 Å². The summed E-state index contributed by atoms with van der Waals surface area (Å²) in [5, 5.41) is 7.80. The van der Waals surface area contributed by atoms with Crippen LogP contribution in [0.4, 0.5) is 0 Å². The van der Waals surface area contributed by atoms with E-state index >= 15 is 0 Å². The van der Waals surface area contributed by atoms with Gasteiger partial charge in [0.25, 0.3) is 0 Å². The van der Waals surface area contributed by atoms with Crippen LogP contribution in [0, 0.1) is 0 Å². The fourth-order valence-corrected chi connectivity index (χ4v) is 1.76. The van der Waals surface area contributed by atoms with Crippen molar-refractivity contribution in [2.45, 2.75) is 63.7 Å². The minimum atomic E-state index is -1.10. The lowest BCUT2D eigenvalue weighted by Crippen LogP contribution is -2.18. The molecule has 0 saturated heterocycles. The lowest BCUT2D eigenvalue weighted by molar-refractivity contribution is -0.140. The molecule has 3 nitrogen and oxygen atoms in total. The molecule has 0 aromatic carbocycles. The number of alkyl halides is 1. The molecule has 0 spiro atoms. The Hall–Kier alpha value is -0.570. The zero-order chi connectivity index (χ0) is 12.4. The molecule has 0 aliphatic rings. The Labute approximate surface area is 102 Å². The van der Waals surface area contributed by atoms with Crippen LogP contribution in [0.2, 0.25) is 0 Å². The van der Waals surface area contributed by atoms with Gasteiger partial charge in [0.2, 0.25) is 0 Å². The van der Waals surface area contributed by atoms with Crippen LogP contribution < -0.4 is 0 Å². The number of carboxylic acid groups (broad SMARTS) is 1. The number of hydrogen-bond acceptors (Lipinski definition) is 2. The van der Waals surface area contributed by atoms with E-state index in [1.807, 2.05) is 0 Å². The maximum Gasteiger partial charge on any atom is 0.310 e. The van der Waals surface area contributed by atoms with E-state index in [-0.39, 0.29) is 5.78 Å². The number of hydrogen-bond donors (Lipinski definition) is 1. The van der Waals surface area contributed by atoms with Crippen LogP contribution >= 0.6 is 11.6 Å². The minimum Gasteiger partial charge on any atom is -0.481 e. The summed E-state index contributed by atoms with van der Waals surface area (Å²) in [6.07, 6.45) is 6.99. The van der Waals surface area contributed by atoms with E-state index in [9.17, 15) is 9.59 Å². The van der Waals surface area contributed by atoms with Gasteiger partial charge in [0, 0.05) is 0 Å². The maximum absolute atomic E-state index is 11.2. The minimum absolute atomic E-state index is 0.372. The van der Waals surface area contributed by atoms with Gasteiger partial charge in [-0.25, -0.2) is 0 Å². The van der Waals surface area contributed by atoms with Crippen LogP contribution in [0.3, 0.4) is 0 Å². The quantitative estimate of drug-likeness (QED) is 0.366. The molecule has 0 radical (unpaired) electrons. The second kappa shape index (κ2) is 9.64. The molecule has 0 aliphatic heterocycles. The number of rotatable bonds is 10. The van der Waals surface area contributed by atoms with Crippen molar-refractivity contribution in [1.29, 1.82) is 0 Å². The standard InChI is InChI=1S/C12H21ClO3/c1-2-3-4-5-6-7-8-10(13)11(14)9-12(15)16/h10H,2-9H2,1H3,(H,15,16). The molecule has 0 fully saturated rings. The van der Waals surface area contributed by atoms with Gasteiger partial charge in [0.1, 0.15) is 6.42 Å². The largest absolute Gasteiger partial charge is 0.481 e. The molecule has 94 valence electrons. The third-order valence-corrected chi connectivity index (χ3v) is 2.95. The molecule has 0 aromatic heterocycles. The van der Waals surface area contributed by atoms with Crippen LogP contribution in [0.25, 0.3) is 0 Å². The molecule has 0 bridgehead atoms. The maximum atomic E-state index is 11.2. The Kier molecular flexibility index (Phi) is 9.30. The fraction of sp³-hybridized carbons (Fsp3) is 0.833. The van der Waals surface area contributed by atoms with Crippen molar-refractivity contribution in [3.63, 3.8) is 0 Å². The van der Waals surface area contributed by atoms with Gasteiger partial charge in [0.05, 0.1) is 5.38 Å². The van der Waals surface area contributed by atoms with E-state index in [2.05, 4.69) is 6.92 Å². The average molecular weight is 249 g/mol. The second-order valence-corrected chi connectivity index (χ2v) is 4.59. The number of carbonyl (C=O) groups is 2. The number of aliphatic carboxylic acids is 1. The Morgan fingerprint density at radius 1 is 1.12 bits per heavy atom. The summed E-state index contributed by atoms with van der Waals surface area (Å²) in [7, 11) is 0. The Balaban J connectivity index is 3.46. The predicted molar refractivity (Wildman–Crippen MR) is 64.9 cm³/mol. The molecule has 1 unspecified atom stereocenters. The molecule has 0 saturated carbocycles. The normalized spacial score (nSPS) is 12.4. The van der Waals surface area contributed by atoms with Crippen molar-refractivity contribution in [2.24, 2.45) is 0 Å². The van der Waals surface area contributed by atoms with Crippen molar-refractivity contribution >= 4 is 23.4 Å². The van der Waals surface area contributed by atoms with Crippen molar-refractivity contribution in [1.82, 2.24) is 0 Å². The topological polar surface area (TPSA) is 54.4 Å². The summed E-state index contributed by atoms with van der Waals surface area (Å²) in [5.74, 6) is -1.47. The third-order valence-electron chi connectivity index (χ3n) is 2.49. The van der Waals surface area contributed by atoms with Gasteiger partial charge in [-0.1, -0.05) is 45.4 Å². The first-order chi connectivity index (χ1) is 7.57. The highest BCUT2D eigenvalue weighted by atomic mass is 35.5. The van der Waals surface area contributed by atoms with Crippen LogP contribution in [-0.4, -0.2) is 22.2 Å². The number of carbonyl (C=O) groups excluding carboxylic acids is 1. The summed E-state index contributed by atoms with van der Waals surface area (Å²) in [6, 6.07) is 0. The van der Waals surface area contributed by atoms with Crippen molar-refractivity contribution < 1.29 is 14.7 Å². The van der Waals surface area contributed by atoms with Crippen LogP contribution in [-0.2, 0) is 9.59 Å². The molecule has 1 N–H and O–H groups in total. The molecular weight excluding hydrogens is 228 g/mol. The molecular formula is C12H21ClO3. The molecule has 0 amide bonds. The molecule has 0 heterocycles. The van der Waals surface area contributed by atoms with Gasteiger partial charge in [0.15, 0.2) is 5.78 Å². The Morgan fingerprint density at radius 3 is 2.25 bits per heavy atom. The van der Waals surface area contributed by atoms with Gasteiger partial charge >= 0.3 is 5.97 Å². The van der Waals surface area contributed by atoms with E-state index in [4.69, 9.17) is 16.7 Å². The van der Waals surface area contributed by atoms with Gasteiger partial charge in [-0.2, -0.15) is 0 Å². The zero-order valence-corrected chi connectivity index (χ0v) is 10.6. The first-order valence-electron chi connectivity index (χ1n) is 5.96. The van der Waals surface area contributed by atoms with Crippen LogP contribution in [0.15, 0.2) is 0 Å². The Bertz CT molecular complexity index is 216. The van der Waals surface area contributed by atoms with Crippen LogP contribution in [0.5, 0.6) is 0 Å². The SMILES string of the molecule is CCCCCCCCC(Cl)C(=O)CC(=O)O. The van der Waals surface area contributed by atoms with Gasteiger partial charge in [-0.3, -0.25) is 9.59 Å². The Morgan fingerprint density at radius 2 is 1.69 bits per heavy atom. The lowest BCUT2D eigenvalue weighted by atomic mass is 10.1. The number of halogens is 1. The van der Waals surface area contributed by atoms with Crippen molar-refractivity contribution in [3.05, 3.63) is 0 Å². The average Bonchev–Trinajstić information content (AvgIpc) is 2.21. The molecule has 1 atom stereocenters. The van der Waals surface area contributed by atoms with Gasteiger partial charge in [-0.15, -0.1) is 11.6 Å². The highest BCUT2D eigenvalue weighted by Crippen LogP contribution is 2.13. The first-order valence-corrected chi connectivity index (χ1v) is 6.40. The van der Waals surface area contributed by atoms with E-state index in [1.165, 1.54) is 25.7 Å². The second-order valence-electron chi connectivity index (χ2n) is 4.06. The predicted octanol–water partition coefficient (Wildman–Crippen LogP) is 3.39. The number of ketones is 1. The molecule has 16 heavy (non-hydrogen) atoms. The lowest BCUT2D eigenvalue weighted by Gasteiger charge is -2.06.